The number of nitrogens with one attached hydrogen (secondary N) is 1. The van der Waals surface area contributed by atoms with Crippen molar-refractivity contribution in [1.82, 2.24) is 15.0 Å². The van der Waals surface area contributed by atoms with Gasteiger partial charge in [-0.05, 0) is 40.2 Å². The van der Waals surface area contributed by atoms with Crippen LogP contribution in [0.15, 0.2) is 47.1 Å². The normalized spacial score (nSPS) is 10.4. The van der Waals surface area contributed by atoms with Gasteiger partial charge in [0.2, 0.25) is 11.8 Å². The molecule has 3 rings (SSSR count). The van der Waals surface area contributed by atoms with E-state index in [1.165, 1.54) is 14.2 Å². The van der Waals surface area contributed by atoms with Gasteiger partial charge in [0.05, 0.1) is 20.3 Å². The summed E-state index contributed by atoms with van der Waals surface area (Å²) in [6, 6.07) is 10.8. The zero-order valence-corrected chi connectivity index (χ0v) is 16.9. The highest BCUT2D eigenvalue weighted by atomic mass is 79.9. The molecule has 0 aliphatic rings. The average molecular weight is 452 g/mol. The second kappa shape index (κ2) is 8.88. The Labute approximate surface area is 169 Å². The molecule has 0 unspecified atom stereocenters. The maximum absolute atomic E-state index is 6.37. The predicted molar refractivity (Wildman–Crippen MR) is 106 cm³/mol. The lowest BCUT2D eigenvalue weighted by molar-refractivity contribution is 0.347. The van der Waals surface area contributed by atoms with Crippen LogP contribution in [0.25, 0.3) is 0 Å². The lowest BCUT2D eigenvalue weighted by Crippen LogP contribution is -2.05. The first-order valence-corrected chi connectivity index (χ1v) is 9.04. The minimum atomic E-state index is 0.0940. The molecule has 0 saturated carbocycles. The van der Waals surface area contributed by atoms with E-state index < -0.39 is 0 Å². The highest BCUT2D eigenvalue weighted by molar-refractivity contribution is 9.10. The molecule has 2 heterocycles. The molecule has 140 valence electrons. The number of halogens is 2. The van der Waals surface area contributed by atoms with Crippen molar-refractivity contribution in [3.63, 3.8) is 0 Å². The summed E-state index contributed by atoms with van der Waals surface area (Å²) in [6.45, 7) is 0.407. The van der Waals surface area contributed by atoms with E-state index in [0.29, 0.717) is 34.9 Å². The number of hydrogen-bond donors (Lipinski definition) is 1. The Bertz CT molecular complexity index is 903. The summed E-state index contributed by atoms with van der Waals surface area (Å²) in [4.78, 5) is 12.6. The molecule has 1 aromatic carbocycles. The Morgan fingerprint density at radius 2 is 1.81 bits per heavy atom. The lowest BCUT2D eigenvalue weighted by Gasteiger charge is -2.13. The van der Waals surface area contributed by atoms with Crippen LogP contribution in [0.2, 0.25) is 5.02 Å². The fraction of sp³-hybridized carbons (Fsp3) is 0.167. The molecule has 0 bridgehead atoms. The largest absolute Gasteiger partial charge is 0.481 e. The van der Waals surface area contributed by atoms with Gasteiger partial charge >= 0.3 is 6.01 Å². The van der Waals surface area contributed by atoms with Crippen molar-refractivity contribution >= 4 is 33.3 Å². The van der Waals surface area contributed by atoms with Crippen LogP contribution in [0.4, 0.5) is 5.82 Å². The molecule has 1 N–H and O–H groups in total. The SMILES string of the molecule is COc1cc(OC)nc(Oc2cccc(Cl)c2CNc2ccc(Br)cn2)n1. The van der Waals surface area contributed by atoms with E-state index in [4.69, 9.17) is 25.8 Å². The molecule has 0 fully saturated rings. The van der Waals surface area contributed by atoms with Gasteiger partial charge in [-0.3, -0.25) is 0 Å². The number of pyridine rings is 1. The third-order valence-electron chi connectivity index (χ3n) is 3.53. The smallest absolute Gasteiger partial charge is 0.328 e. The number of benzene rings is 1. The first-order chi connectivity index (χ1) is 13.1. The monoisotopic (exact) mass is 450 g/mol. The van der Waals surface area contributed by atoms with E-state index >= 15 is 0 Å². The zero-order chi connectivity index (χ0) is 19.2. The van der Waals surface area contributed by atoms with Gasteiger partial charge in [-0.2, -0.15) is 9.97 Å². The zero-order valence-electron chi connectivity index (χ0n) is 14.6. The maximum Gasteiger partial charge on any atom is 0.328 e. The van der Waals surface area contributed by atoms with E-state index in [1.54, 1.807) is 30.5 Å². The molecule has 0 radical (unpaired) electrons. The van der Waals surface area contributed by atoms with Crippen LogP contribution < -0.4 is 19.5 Å². The van der Waals surface area contributed by atoms with Crippen LogP contribution in [-0.2, 0) is 6.54 Å². The summed E-state index contributed by atoms with van der Waals surface area (Å²) in [7, 11) is 3.01. The predicted octanol–water partition coefficient (Wildman–Crippen LogP) is 4.71. The summed E-state index contributed by atoms with van der Waals surface area (Å²) in [6.07, 6.45) is 1.71. The fourth-order valence-corrected chi connectivity index (χ4v) is 2.67. The molecule has 2 aromatic heterocycles. The number of aromatic nitrogens is 3. The number of anilines is 1. The molecule has 0 saturated heterocycles. The minimum Gasteiger partial charge on any atom is -0.481 e. The molecular formula is C18H16BrClN4O3. The highest BCUT2D eigenvalue weighted by Gasteiger charge is 2.13. The van der Waals surface area contributed by atoms with Crippen molar-refractivity contribution < 1.29 is 14.2 Å². The van der Waals surface area contributed by atoms with Crippen molar-refractivity contribution in [2.24, 2.45) is 0 Å². The molecule has 0 aliphatic heterocycles. The van der Waals surface area contributed by atoms with Gasteiger partial charge in [0.1, 0.15) is 11.6 Å². The maximum atomic E-state index is 6.37. The molecule has 0 atom stereocenters. The number of nitrogens with zero attached hydrogens (tertiary/aromatic N) is 3. The topological polar surface area (TPSA) is 78.4 Å². The van der Waals surface area contributed by atoms with Crippen molar-refractivity contribution in [3.8, 4) is 23.5 Å². The van der Waals surface area contributed by atoms with Gasteiger partial charge < -0.3 is 19.5 Å². The third-order valence-corrected chi connectivity index (χ3v) is 4.35. The molecule has 9 heteroatoms. The quantitative estimate of drug-likeness (QED) is 0.557. The Morgan fingerprint density at radius 1 is 1.07 bits per heavy atom. The Balaban J connectivity index is 1.84. The molecular weight excluding hydrogens is 436 g/mol. The Hall–Kier alpha value is -2.58. The summed E-state index contributed by atoms with van der Waals surface area (Å²) in [5, 5.41) is 3.76. The molecule has 0 aliphatic carbocycles. The van der Waals surface area contributed by atoms with E-state index in [1.807, 2.05) is 12.1 Å². The number of methoxy groups -OCH3 is 2. The van der Waals surface area contributed by atoms with E-state index in [2.05, 4.69) is 36.2 Å². The van der Waals surface area contributed by atoms with Gasteiger partial charge in [0.15, 0.2) is 0 Å². The third kappa shape index (κ3) is 4.99. The van der Waals surface area contributed by atoms with Gasteiger partial charge in [0, 0.05) is 27.8 Å². The average Bonchev–Trinajstić information content (AvgIpc) is 2.68. The van der Waals surface area contributed by atoms with Crippen LogP contribution >= 0.6 is 27.5 Å². The van der Waals surface area contributed by atoms with Crippen LogP contribution in [-0.4, -0.2) is 29.2 Å². The van der Waals surface area contributed by atoms with Crippen molar-refractivity contribution in [3.05, 3.63) is 57.7 Å². The summed E-state index contributed by atoms with van der Waals surface area (Å²) < 4.78 is 17.0. The first-order valence-electron chi connectivity index (χ1n) is 7.87. The standard InChI is InChI=1S/C18H16BrClN4O3/c1-25-16-8-17(26-2)24-18(23-16)27-14-5-3-4-13(20)12(14)10-22-15-7-6-11(19)9-21-15/h3-9H,10H2,1-2H3,(H,21,22). The van der Waals surface area contributed by atoms with Crippen molar-refractivity contribution in [2.75, 3.05) is 19.5 Å². The molecule has 0 spiro atoms. The number of ether oxygens (including phenoxy) is 3. The van der Waals surface area contributed by atoms with Crippen LogP contribution in [0, 0.1) is 0 Å². The second-order valence-electron chi connectivity index (χ2n) is 5.27. The molecule has 7 nitrogen and oxygen atoms in total. The number of hydrogen-bond acceptors (Lipinski definition) is 7. The highest BCUT2D eigenvalue weighted by Crippen LogP contribution is 2.31. The summed E-state index contributed by atoms with van der Waals surface area (Å²) in [5.74, 6) is 1.89. The van der Waals surface area contributed by atoms with E-state index in [-0.39, 0.29) is 6.01 Å². The van der Waals surface area contributed by atoms with Crippen LogP contribution in [0.1, 0.15) is 5.56 Å². The minimum absolute atomic E-state index is 0.0940. The fourth-order valence-electron chi connectivity index (χ4n) is 2.20. The van der Waals surface area contributed by atoms with Crippen molar-refractivity contribution in [2.45, 2.75) is 6.54 Å². The Morgan fingerprint density at radius 3 is 2.44 bits per heavy atom. The lowest BCUT2D eigenvalue weighted by atomic mass is 10.2. The first kappa shape index (κ1) is 19.2. The molecule has 27 heavy (non-hydrogen) atoms. The molecule has 0 amide bonds. The van der Waals surface area contributed by atoms with E-state index in [9.17, 15) is 0 Å². The van der Waals surface area contributed by atoms with Crippen LogP contribution in [0.3, 0.4) is 0 Å². The Kier molecular flexibility index (Phi) is 6.31. The number of rotatable bonds is 7. The summed E-state index contributed by atoms with van der Waals surface area (Å²) in [5.41, 5.74) is 0.745. The summed E-state index contributed by atoms with van der Waals surface area (Å²) >= 11 is 9.73. The van der Waals surface area contributed by atoms with Gasteiger partial charge in [-0.1, -0.05) is 17.7 Å². The molecule has 3 aromatic rings. The second-order valence-corrected chi connectivity index (χ2v) is 6.59. The van der Waals surface area contributed by atoms with Gasteiger partial charge in [0.25, 0.3) is 0 Å². The van der Waals surface area contributed by atoms with Crippen molar-refractivity contribution in [1.29, 1.82) is 0 Å². The van der Waals surface area contributed by atoms with Gasteiger partial charge in [-0.15, -0.1) is 0 Å². The van der Waals surface area contributed by atoms with E-state index in [0.717, 1.165) is 10.0 Å². The van der Waals surface area contributed by atoms with Gasteiger partial charge in [-0.25, -0.2) is 4.98 Å². The van der Waals surface area contributed by atoms with Crippen LogP contribution in [0.5, 0.6) is 23.5 Å².